The lowest BCUT2D eigenvalue weighted by molar-refractivity contribution is -0.127. The maximum atomic E-state index is 11.7. The van der Waals surface area contributed by atoms with Crippen molar-refractivity contribution in [2.45, 2.75) is 12.8 Å². The molecule has 0 aromatic rings. The molecule has 0 aliphatic rings. The van der Waals surface area contributed by atoms with E-state index in [4.69, 9.17) is 6.42 Å². The number of carbonyl (C=O) groups excluding carboxylic acids is 1. The molecule has 0 fully saturated rings. The molecule has 3 heteroatoms. The summed E-state index contributed by atoms with van der Waals surface area (Å²) < 4.78 is 0. The van der Waals surface area contributed by atoms with Gasteiger partial charge in [-0.25, -0.2) is 0 Å². The molecule has 0 unspecified atom stereocenters. The van der Waals surface area contributed by atoms with Gasteiger partial charge in [-0.05, 0) is 12.2 Å². The van der Waals surface area contributed by atoms with Gasteiger partial charge in [-0.3, -0.25) is 4.79 Å². The van der Waals surface area contributed by atoms with Gasteiger partial charge in [-0.15, -0.1) is 25.5 Å². The lowest BCUT2D eigenvalue weighted by Gasteiger charge is -2.18. The largest absolute Gasteiger partial charge is 0.335 e. The fourth-order valence-electron chi connectivity index (χ4n) is 1.12. The van der Waals surface area contributed by atoms with Crippen molar-refractivity contribution in [2.24, 2.45) is 0 Å². The smallest absolute Gasteiger partial charge is 0.233 e. The van der Waals surface area contributed by atoms with E-state index in [0.29, 0.717) is 18.8 Å². The summed E-state index contributed by atoms with van der Waals surface area (Å²) in [5.74, 6) is 4.16. The molecule has 0 saturated carbocycles. The Hall–Kier alpha value is -1.14. The van der Waals surface area contributed by atoms with Crippen molar-refractivity contribution in [3.8, 4) is 12.3 Å². The zero-order chi connectivity index (χ0) is 12.2. The number of thioether (sulfide) groups is 1. The second-order valence-electron chi connectivity index (χ2n) is 3.24. The van der Waals surface area contributed by atoms with Crippen molar-refractivity contribution in [2.75, 3.05) is 24.6 Å². The number of terminal acetylenes is 1. The summed E-state index contributed by atoms with van der Waals surface area (Å²) in [4.78, 5) is 13.5. The fourth-order valence-corrected chi connectivity index (χ4v) is 1.97. The van der Waals surface area contributed by atoms with E-state index in [1.54, 1.807) is 28.8 Å². The van der Waals surface area contributed by atoms with Crippen molar-refractivity contribution in [1.29, 1.82) is 0 Å². The summed E-state index contributed by atoms with van der Waals surface area (Å²) in [6, 6.07) is 0. The van der Waals surface area contributed by atoms with E-state index in [2.05, 4.69) is 19.1 Å². The minimum Gasteiger partial charge on any atom is -0.335 e. The highest BCUT2D eigenvalue weighted by Gasteiger charge is 2.09. The molecule has 0 aliphatic carbocycles. The van der Waals surface area contributed by atoms with E-state index in [1.807, 2.05) is 0 Å². The molecule has 0 aliphatic heterocycles. The molecule has 88 valence electrons. The lowest BCUT2D eigenvalue weighted by Crippen LogP contribution is -2.32. The summed E-state index contributed by atoms with van der Waals surface area (Å²) >= 11 is 1.63. The van der Waals surface area contributed by atoms with Gasteiger partial charge in [0.2, 0.25) is 5.91 Å². The first kappa shape index (κ1) is 14.9. The van der Waals surface area contributed by atoms with Crippen LogP contribution in [0.3, 0.4) is 0 Å². The average Bonchev–Trinajstić information content (AvgIpc) is 2.28. The third kappa shape index (κ3) is 7.19. The Morgan fingerprint density at radius 1 is 1.38 bits per heavy atom. The molecule has 0 rings (SSSR count). The monoisotopic (exact) mass is 237 g/mol. The summed E-state index contributed by atoms with van der Waals surface area (Å²) in [5.41, 5.74) is 0. The Kier molecular flexibility index (Phi) is 9.64. The number of unbranched alkanes of at least 4 members (excludes halogenated alkanes) is 1. The minimum atomic E-state index is 0.130. The van der Waals surface area contributed by atoms with Gasteiger partial charge in [0.05, 0.1) is 5.75 Å². The van der Waals surface area contributed by atoms with Crippen LogP contribution in [0, 0.1) is 12.3 Å². The highest BCUT2D eigenvalue weighted by Crippen LogP contribution is 2.06. The van der Waals surface area contributed by atoms with Crippen LogP contribution in [-0.4, -0.2) is 35.4 Å². The molecule has 0 heterocycles. The minimum absolute atomic E-state index is 0.130. The molecule has 16 heavy (non-hydrogen) atoms. The van der Waals surface area contributed by atoms with E-state index in [9.17, 15) is 4.79 Å². The van der Waals surface area contributed by atoms with Crippen molar-refractivity contribution < 1.29 is 4.79 Å². The molecule has 0 spiro atoms. The van der Waals surface area contributed by atoms with Crippen LogP contribution in [0.4, 0.5) is 0 Å². The van der Waals surface area contributed by atoms with Crippen LogP contribution in [0.2, 0.25) is 0 Å². The van der Waals surface area contributed by atoms with Crippen LogP contribution in [-0.2, 0) is 4.79 Å². The Morgan fingerprint density at radius 3 is 2.50 bits per heavy atom. The standard InChI is InChI=1S/C13H19NOS/c1-4-7-8-11-16-12-13(15)14(9-5-2)10-6-3/h1,5-6H,2-3,7-12H2. The fraction of sp³-hybridized carbons (Fsp3) is 0.462. The normalized spacial score (nSPS) is 9.19. The molecule has 0 aromatic heterocycles. The maximum Gasteiger partial charge on any atom is 0.233 e. The molecule has 0 aromatic carbocycles. The molecular formula is C13H19NOS. The molecule has 0 radical (unpaired) electrons. The molecule has 0 bridgehead atoms. The first-order chi connectivity index (χ1) is 7.76. The van der Waals surface area contributed by atoms with Crippen LogP contribution in [0.25, 0.3) is 0 Å². The van der Waals surface area contributed by atoms with Crippen LogP contribution >= 0.6 is 11.8 Å². The number of hydrogen-bond acceptors (Lipinski definition) is 2. The third-order valence-corrected chi connectivity index (χ3v) is 2.92. The quantitative estimate of drug-likeness (QED) is 0.348. The third-order valence-electron chi connectivity index (χ3n) is 1.89. The number of nitrogens with zero attached hydrogens (tertiary/aromatic N) is 1. The first-order valence-electron chi connectivity index (χ1n) is 5.27. The van der Waals surface area contributed by atoms with Gasteiger partial charge in [0.15, 0.2) is 0 Å². The van der Waals surface area contributed by atoms with Crippen LogP contribution < -0.4 is 0 Å². The SMILES string of the molecule is C#CCCCSCC(=O)N(CC=C)CC=C. The number of hydrogen-bond donors (Lipinski definition) is 0. The number of rotatable bonds is 9. The van der Waals surface area contributed by atoms with Crippen LogP contribution in [0.15, 0.2) is 25.3 Å². The van der Waals surface area contributed by atoms with E-state index < -0.39 is 0 Å². The van der Waals surface area contributed by atoms with Crippen molar-refractivity contribution >= 4 is 17.7 Å². The Bertz CT molecular complexity index is 258. The van der Waals surface area contributed by atoms with Gasteiger partial charge < -0.3 is 4.90 Å². The van der Waals surface area contributed by atoms with Crippen LogP contribution in [0.1, 0.15) is 12.8 Å². The van der Waals surface area contributed by atoms with Gasteiger partial charge >= 0.3 is 0 Å². The van der Waals surface area contributed by atoms with Crippen molar-refractivity contribution in [3.63, 3.8) is 0 Å². The molecule has 1 amide bonds. The average molecular weight is 237 g/mol. The molecule has 2 nitrogen and oxygen atoms in total. The topological polar surface area (TPSA) is 20.3 Å². The predicted octanol–water partition coefficient (Wildman–Crippen LogP) is 2.33. The predicted molar refractivity (Wildman–Crippen MR) is 72.4 cm³/mol. The highest BCUT2D eigenvalue weighted by atomic mass is 32.2. The Morgan fingerprint density at radius 2 is 2.00 bits per heavy atom. The second kappa shape index (κ2) is 10.4. The van der Waals surface area contributed by atoms with E-state index in [0.717, 1.165) is 18.6 Å². The lowest BCUT2D eigenvalue weighted by atomic mass is 10.4. The summed E-state index contributed by atoms with van der Waals surface area (Å²) in [6.45, 7) is 8.42. The molecular weight excluding hydrogens is 218 g/mol. The van der Waals surface area contributed by atoms with Crippen molar-refractivity contribution in [3.05, 3.63) is 25.3 Å². The zero-order valence-electron chi connectivity index (χ0n) is 9.65. The molecule has 0 atom stereocenters. The van der Waals surface area contributed by atoms with E-state index >= 15 is 0 Å². The first-order valence-corrected chi connectivity index (χ1v) is 6.42. The summed E-state index contributed by atoms with van der Waals surface area (Å²) in [7, 11) is 0. The molecule has 0 saturated heterocycles. The maximum absolute atomic E-state index is 11.7. The highest BCUT2D eigenvalue weighted by molar-refractivity contribution is 7.99. The summed E-state index contributed by atoms with van der Waals surface area (Å²) in [6.07, 6.45) is 10.3. The summed E-state index contributed by atoms with van der Waals surface area (Å²) in [5, 5.41) is 0. The van der Waals surface area contributed by atoms with Crippen LogP contribution in [0.5, 0.6) is 0 Å². The van der Waals surface area contributed by atoms with E-state index in [-0.39, 0.29) is 5.91 Å². The van der Waals surface area contributed by atoms with Gasteiger partial charge in [-0.2, -0.15) is 11.8 Å². The number of carbonyl (C=O) groups is 1. The number of amides is 1. The zero-order valence-corrected chi connectivity index (χ0v) is 10.5. The molecule has 0 N–H and O–H groups in total. The van der Waals surface area contributed by atoms with Gasteiger partial charge in [0.25, 0.3) is 0 Å². The van der Waals surface area contributed by atoms with Gasteiger partial charge in [-0.1, -0.05) is 12.2 Å². The van der Waals surface area contributed by atoms with E-state index in [1.165, 1.54) is 0 Å². The van der Waals surface area contributed by atoms with Gasteiger partial charge in [0.1, 0.15) is 0 Å². The van der Waals surface area contributed by atoms with Crippen molar-refractivity contribution in [1.82, 2.24) is 4.90 Å². The Balaban J connectivity index is 3.78. The Labute approximate surface area is 103 Å². The second-order valence-corrected chi connectivity index (χ2v) is 4.34. The van der Waals surface area contributed by atoms with Gasteiger partial charge in [0, 0.05) is 19.5 Å².